The van der Waals surface area contributed by atoms with E-state index in [1.807, 2.05) is 72.8 Å². The van der Waals surface area contributed by atoms with Crippen LogP contribution in [0.4, 0.5) is 0 Å². The normalized spacial score (nSPS) is 12.7. The number of carbonyl (C=O) groups excluding carboxylic acids is 1. The first-order chi connectivity index (χ1) is 13.3. The summed E-state index contributed by atoms with van der Waals surface area (Å²) in [5, 5.41) is 0.926. The topological polar surface area (TPSA) is 48.4 Å². The molecule has 0 bridgehead atoms. The van der Waals surface area contributed by atoms with E-state index in [0.717, 1.165) is 16.5 Å². The molecule has 3 aromatic carbocycles. The van der Waals surface area contributed by atoms with Crippen LogP contribution in [-0.2, 0) is 4.79 Å². The summed E-state index contributed by atoms with van der Waals surface area (Å²) < 4.78 is 11.8. The standard InChI is InChI=1S/C23H15NO3/c25-23(27-20-13-5-7-15-8-6-14-24-22(15)20)21-16-9-1-3-11-18(16)26-19-12-4-2-10-17(19)21/h1-14,21H. The number of hydrogen-bond acceptors (Lipinski definition) is 4. The van der Waals surface area contributed by atoms with Crippen LogP contribution < -0.4 is 9.47 Å². The van der Waals surface area contributed by atoms with Crippen molar-refractivity contribution in [2.75, 3.05) is 0 Å². The van der Waals surface area contributed by atoms with Gasteiger partial charge in [-0.3, -0.25) is 9.78 Å². The largest absolute Gasteiger partial charge is 0.457 e. The van der Waals surface area contributed by atoms with Gasteiger partial charge in [-0.1, -0.05) is 54.6 Å². The van der Waals surface area contributed by atoms with E-state index in [4.69, 9.17) is 9.47 Å². The lowest BCUT2D eigenvalue weighted by molar-refractivity contribution is -0.135. The van der Waals surface area contributed by atoms with Crippen LogP contribution in [0.5, 0.6) is 17.2 Å². The molecule has 0 saturated carbocycles. The van der Waals surface area contributed by atoms with Crippen LogP contribution in [-0.4, -0.2) is 11.0 Å². The maximum absolute atomic E-state index is 13.2. The highest BCUT2D eigenvalue weighted by atomic mass is 16.5. The third-order valence-electron chi connectivity index (χ3n) is 4.72. The van der Waals surface area contributed by atoms with Gasteiger partial charge >= 0.3 is 5.97 Å². The van der Waals surface area contributed by atoms with E-state index < -0.39 is 5.92 Å². The molecule has 0 radical (unpaired) electrons. The van der Waals surface area contributed by atoms with Gasteiger partial charge in [0.15, 0.2) is 5.75 Å². The second kappa shape index (κ2) is 6.25. The fourth-order valence-electron chi connectivity index (χ4n) is 3.49. The van der Waals surface area contributed by atoms with Crippen LogP contribution in [0.1, 0.15) is 17.0 Å². The summed E-state index contributed by atoms with van der Waals surface area (Å²) in [6, 6.07) is 24.5. The van der Waals surface area contributed by atoms with Crippen LogP contribution in [0.25, 0.3) is 10.9 Å². The fraction of sp³-hybridized carbons (Fsp3) is 0.0435. The second-order valence-electron chi connectivity index (χ2n) is 6.36. The predicted molar refractivity (Wildman–Crippen MR) is 102 cm³/mol. The Balaban J connectivity index is 1.59. The predicted octanol–water partition coefficient (Wildman–Crippen LogP) is 5.08. The van der Waals surface area contributed by atoms with Gasteiger partial charge in [-0.05, 0) is 24.3 Å². The zero-order chi connectivity index (χ0) is 18.2. The zero-order valence-electron chi connectivity index (χ0n) is 14.3. The average Bonchev–Trinajstić information content (AvgIpc) is 2.72. The molecule has 27 heavy (non-hydrogen) atoms. The smallest absolute Gasteiger partial charge is 0.323 e. The molecule has 1 aromatic heterocycles. The monoisotopic (exact) mass is 353 g/mol. The number of carbonyl (C=O) groups is 1. The highest BCUT2D eigenvalue weighted by molar-refractivity contribution is 5.91. The summed E-state index contributed by atoms with van der Waals surface area (Å²) in [5.74, 6) is 0.907. The number of rotatable bonds is 2. The molecule has 4 nitrogen and oxygen atoms in total. The summed E-state index contributed by atoms with van der Waals surface area (Å²) in [7, 11) is 0. The van der Waals surface area contributed by atoms with Gasteiger partial charge in [0.25, 0.3) is 0 Å². The second-order valence-corrected chi connectivity index (χ2v) is 6.36. The van der Waals surface area contributed by atoms with E-state index in [9.17, 15) is 4.79 Å². The highest BCUT2D eigenvalue weighted by Crippen LogP contribution is 2.44. The van der Waals surface area contributed by atoms with Crippen LogP contribution in [0, 0.1) is 0 Å². The Hall–Kier alpha value is -3.66. The molecule has 0 aliphatic carbocycles. The number of hydrogen-bond donors (Lipinski definition) is 0. The van der Waals surface area contributed by atoms with Crippen molar-refractivity contribution in [3.8, 4) is 17.2 Å². The molecule has 1 aliphatic heterocycles. The number of fused-ring (bicyclic) bond motifs is 3. The quantitative estimate of drug-likeness (QED) is 0.372. The Labute approximate surface area is 156 Å². The average molecular weight is 353 g/mol. The first kappa shape index (κ1) is 15.6. The lowest BCUT2D eigenvalue weighted by Gasteiger charge is -2.26. The molecule has 1 aliphatic rings. The van der Waals surface area contributed by atoms with Crippen molar-refractivity contribution in [3.05, 3.63) is 96.2 Å². The van der Waals surface area contributed by atoms with Crippen molar-refractivity contribution in [2.45, 2.75) is 5.92 Å². The van der Waals surface area contributed by atoms with Crippen molar-refractivity contribution in [3.63, 3.8) is 0 Å². The first-order valence-electron chi connectivity index (χ1n) is 8.72. The number of aromatic nitrogens is 1. The number of ether oxygens (including phenoxy) is 2. The molecule has 0 unspecified atom stereocenters. The van der Waals surface area contributed by atoms with Crippen LogP contribution in [0.3, 0.4) is 0 Å². The van der Waals surface area contributed by atoms with Crippen molar-refractivity contribution in [2.24, 2.45) is 0 Å². The molecular formula is C23H15NO3. The molecule has 2 heterocycles. The van der Waals surface area contributed by atoms with Gasteiger partial charge in [-0.15, -0.1) is 0 Å². The summed E-state index contributed by atoms with van der Waals surface area (Å²) in [6.07, 6.45) is 1.69. The van der Waals surface area contributed by atoms with E-state index in [0.29, 0.717) is 22.8 Å². The molecule has 0 fully saturated rings. The van der Waals surface area contributed by atoms with Crippen molar-refractivity contribution in [1.29, 1.82) is 0 Å². The Morgan fingerprint density at radius 3 is 2.22 bits per heavy atom. The number of esters is 1. The van der Waals surface area contributed by atoms with Gasteiger partial charge < -0.3 is 9.47 Å². The number of pyridine rings is 1. The van der Waals surface area contributed by atoms with Crippen molar-refractivity contribution < 1.29 is 14.3 Å². The van der Waals surface area contributed by atoms with Crippen LogP contribution in [0.2, 0.25) is 0 Å². The molecular weight excluding hydrogens is 338 g/mol. The fourth-order valence-corrected chi connectivity index (χ4v) is 3.49. The minimum atomic E-state index is -0.551. The molecule has 0 amide bonds. The van der Waals surface area contributed by atoms with Gasteiger partial charge in [-0.25, -0.2) is 0 Å². The first-order valence-corrected chi connectivity index (χ1v) is 8.72. The maximum Gasteiger partial charge on any atom is 0.323 e. The Morgan fingerprint density at radius 1 is 0.815 bits per heavy atom. The third-order valence-corrected chi connectivity index (χ3v) is 4.72. The summed E-state index contributed by atoms with van der Waals surface area (Å²) in [5.41, 5.74) is 2.27. The molecule has 0 spiro atoms. The van der Waals surface area contributed by atoms with Gasteiger partial charge in [0.05, 0.1) is 0 Å². The highest BCUT2D eigenvalue weighted by Gasteiger charge is 2.34. The van der Waals surface area contributed by atoms with Gasteiger partial charge in [0.1, 0.15) is 22.9 Å². The Morgan fingerprint density at radius 2 is 1.48 bits per heavy atom. The zero-order valence-corrected chi connectivity index (χ0v) is 14.3. The van der Waals surface area contributed by atoms with Crippen molar-refractivity contribution >= 4 is 16.9 Å². The van der Waals surface area contributed by atoms with E-state index in [1.54, 1.807) is 12.3 Å². The summed E-state index contributed by atoms with van der Waals surface area (Å²) >= 11 is 0. The molecule has 4 aromatic rings. The summed E-state index contributed by atoms with van der Waals surface area (Å²) in [4.78, 5) is 17.6. The lowest BCUT2D eigenvalue weighted by Crippen LogP contribution is -2.23. The van der Waals surface area contributed by atoms with E-state index in [2.05, 4.69) is 4.98 Å². The van der Waals surface area contributed by atoms with Gasteiger partial charge in [-0.2, -0.15) is 0 Å². The minimum absolute atomic E-state index is 0.351. The van der Waals surface area contributed by atoms with E-state index >= 15 is 0 Å². The molecule has 5 rings (SSSR count). The van der Waals surface area contributed by atoms with Crippen LogP contribution in [0.15, 0.2) is 85.1 Å². The molecule has 0 atom stereocenters. The maximum atomic E-state index is 13.2. The van der Waals surface area contributed by atoms with Gasteiger partial charge in [0, 0.05) is 22.7 Å². The number of nitrogens with zero attached hydrogens (tertiary/aromatic N) is 1. The minimum Gasteiger partial charge on any atom is -0.457 e. The number of benzene rings is 3. The molecule has 130 valence electrons. The molecule has 4 heteroatoms. The van der Waals surface area contributed by atoms with E-state index in [-0.39, 0.29) is 5.97 Å². The third kappa shape index (κ3) is 2.62. The molecule has 0 saturated heterocycles. The van der Waals surface area contributed by atoms with Crippen LogP contribution >= 0.6 is 0 Å². The summed E-state index contributed by atoms with van der Waals surface area (Å²) in [6.45, 7) is 0. The van der Waals surface area contributed by atoms with Gasteiger partial charge in [0.2, 0.25) is 0 Å². The Kier molecular flexibility index (Phi) is 3.61. The molecule has 0 N–H and O–H groups in total. The Bertz CT molecular complexity index is 1120. The van der Waals surface area contributed by atoms with Crippen molar-refractivity contribution in [1.82, 2.24) is 4.98 Å². The SMILES string of the molecule is O=C(Oc1cccc2cccnc12)C1c2ccccc2Oc2ccccc21. The lowest BCUT2D eigenvalue weighted by atomic mass is 9.88. The number of para-hydroxylation sites is 3. The van der Waals surface area contributed by atoms with E-state index in [1.165, 1.54) is 0 Å².